The Bertz CT molecular complexity index is 633. The summed E-state index contributed by atoms with van der Waals surface area (Å²) in [6.07, 6.45) is 12.8. The standard InChI is InChI=1S/C24H40N4O2/c1-2-3-4-5-6-7-8-9-10-14-17-20(22(26)27)23(29)28-24(30)21(25)18-19-15-12-11-13-16-19/h11-13,15-16,20-21H,2-10,14,17-18,25H2,1H3,(H3,26,27)(H,28,29,30)/t20?,21-/m0/s1. The van der Waals surface area contributed by atoms with Crippen molar-refractivity contribution in [1.29, 1.82) is 5.41 Å². The molecule has 30 heavy (non-hydrogen) atoms. The summed E-state index contributed by atoms with van der Waals surface area (Å²) in [6.45, 7) is 2.23. The van der Waals surface area contributed by atoms with E-state index in [1.54, 1.807) is 0 Å². The molecule has 0 heterocycles. The molecule has 0 aliphatic heterocycles. The molecule has 0 aliphatic carbocycles. The van der Waals surface area contributed by atoms with Crippen LogP contribution < -0.4 is 16.8 Å². The number of nitrogens with one attached hydrogen (secondary N) is 2. The Morgan fingerprint density at radius 1 is 0.900 bits per heavy atom. The zero-order valence-electron chi connectivity index (χ0n) is 18.5. The van der Waals surface area contributed by atoms with Gasteiger partial charge in [-0.15, -0.1) is 0 Å². The van der Waals surface area contributed by atoms with Crippen molar-refractivity contribution in [2.45, 2.75) is 90.0 Å². The lowest BCUT2D eigenvalue weighted by Crippen LogP contribution is -2.48. The molecule has 6 nitrogen and oxygen atoms in total. The largest absolute Gasteiger partial charge is 0.387 e. The number of imide groups is 1. The second-order valence-corrected chi connectivity index (χ2v) is 8.13. The van der Waals surface area contributed by atoms with Gasteiger partial charge < -0.3 is 11.5 Å². The summed E-state index contributed by atoms with van der Waals surface area (Å²) in [7, 11) is 0. The summed E-state index contributed by atoms with van der Waals surface area (Å²) in [4.78, 5) is 24.7. The molecule has 2 amide bonds. The molecule has 2 atom stereocenters. The maximum Gasteiger partial charge on any atom is 0.243 e. The van der Waals surface area contributed by atoms with Gasteiger partial charge in [-0.3, -0.25) is 20.3 Å². The molecule has 0 bridgehead atoms. The van der Waals surface area contributed by atoms with E-state index in [0.29, 0.717) is 12.8 Å². The van der Waals surface area contributed by atoms with E-state index in [4.69, 9.17) is 16.9 Å². The molecule has 168 valence electrons. The van der Waals surface area contributed by atoms with Crippen molar-refractivity contribution in [2.75, 3.05) is 0 Å². The Labute approximate surface area is 181 Å². The number of hydrogen-bond donors (Lipinski definition) is 4. The van der Waals surface area contributed by atoms with Gasteiger partial charge in [-0.1, -0.05) is 101 Å². The number of nitrogens with two attached hydrogens (primary N) is 2. The van der Waals surface area contributed by atoms with Gasteiger partial charge in [-0.2, -0.15) is 0 Å². The number of benzene rings is 1. The van der Waals surface area contributed by atoms with Crippen LogP contribution >= 0.6 is 0 Å². The highest BCUT2D eigenvalue weighted by molar-refractivity contribution is 6.07. The number of carbonyl (C=O) groups is 2. The molecule has 0 fully saturated rings. The first-order valence-corrected chi connectivity index (χ1v) is 11.4. The zero-order valence-corrected chi connectivity index (χ0v) is 18.5. The number of rotatable bonds is 16. The SMILES string of the molecule is CCCCCCCCCCCCC(C(=N)N)C(=O)NC(=O)[C@@H](N)Cc1ccccc1. The molecule has 0 saturated heterocycles. The van der Waals surface area contributed by atoms with E-state index in [1.807, 2.05) is 30.3 Å². The summed E-state index contributed by atoms with van der Waals surface area (Å²) in [5.41, 5.74) is 12.5. The van der Waals surface area contributed by atoms with E-state index in [1.165, 1.54) is 44.9 Å². The lowest BCUT2D eigenvalue weighted by atomic mass is 9.97. The first kappa shape index (κ1) is 25.8. The molecule has 0 aliphatic rings. The molecule has 1 unspecified atom stereocenters. The highest BCUT2D eigenvalue weighted by Gasteiger charge is 2.25. The van der Waals surface area contributed by atoms with Crippen molar-refractivity contribution in [3.05, 3.63) is 35.9 Å². The highest BCUT2D eigenvalue weighted by Crippen LogP contribution is 2.14. The molecule has 1 rings (SSSR count). The van der Waals surface area contributed by atoms with E-state index < -0.39 is 23.8 Å². The smallest absolute Gasteiger partial charge is 0.243 e. The van der Waals surface area contributed by atoms with E-state index in [9.17, 15) is 9.59 Å². The minimum atomic E-state index is -0.818. The molecule has 6 N–H and O–H groups in total. The predicted molar refractivity (Wildman–Crippen MR) is 123 cm³/mol. The van der Waals surface area contributed by atoms with Gasteiger partial charge in [0, 0.05) is 0 Å². The van der Waals surface area contributed by atoms with Crippen LogP contribution in [0.1, 0.15) is 83.1 Å². The van der Waals surface area contributed by atoms with Gasteiger partial charge in [0.15, 0.2) is 0 Å². The monoisotopic (exact) mass is 416 g/mol. The molecule has 0 saturated carbocycles. The second kappa shape index (κ2) is 15.6. The van der Waals surface area contributed by atoms with Crippen LogP contribution in [0.15, 0.2) is 30.3 Å². The molecule has 0 radical (unpaired) electrons. The normalized spacial score (nSPS) is 12.9. The molecular weight excluding hydrogens is 376 g/mol. The zero-order chi connectivity index (χ0) is 22.2. The summed E-state index contributed by atoms with van der Waals surface area (Å²) in [5.74, 6) is -2.02. The summed E-state index contributed by atoms with van der Waals surface area (Å²) in [5, 5.41) is 10.1. The van der Waals surface area contributed by atoms with Crippen LogP contribution in [-0.2, 0) is 16.0 Å². The van der Waals surface area contributed by atoms with Crippen LogP contribution in [-0.4, -0.2) is 23.7 Å². The predicted octanol–water partition coefficient (Wildman–Crippen LogP) is 4.06. The third-order valence-corrected chi connectivity index (χ3v) is 5.42. The van der Waals surface area contributed by atoms with E-state index in [-0.39, 0.29) is 5.84 Å². The lowest BCUT2D eigenvalue weighted by molar-refractivity contribution is -0.132. The van der Waals surface area contributed by atoms with Gasteiger partial charge in [0.2, 0.25) is 11.8 Å². The molecule has 0 spiro atoms. The fraction of sp³-hybridized carbons (Fsp3) is 0.625. The Kier molecular flexibility index (Phi) is 13.4. The van der Waals surface area contributed by atoms with Crippen molar-refractivity contribution < 1.29 is 9.59 Å². The van der Waals surface area contributed by atoms with Crippen LogP contribution in [0.3, 0.4) is 0 Å². The molecule has 1 aromatic carbocycles. The fourth-order valence-electron chi connectivity index (χ4n) is 3.53. The minimum absolute atomic E-state index is 0.201. The van der Waals surface area contributed by atoms with Crippen LogP contribution in [0.4, 0.5) is 0 Å². The van der Waals surface area contributed by atoms with Crippen molar-refractivity contribution in [3.8, 4) is 0 Å². The second-order valence-electron chi connectivity index (χ2n) is 8.13. The van der Waals surface area contributed by atoms with Crippen LogP contribution in [0.5, 0.6) is 0 Å². The van der Waals surface area contributed by atoms with Gasteiger partial charge in [-0.05, 0) is 18.4 Å². The van der Waals surface area contributed by atoms with Gasteiger partial charge >= 0.3 is 0 Å². The Morgan fingerprint density at radius 2 is 1.43 bits per heavy atom. The summed E-state index contributed by atoms with van der Waals surface area (Å²) in [6, 6.07) is 8.61. The van der Waals surface area contributed by atoms with E-state index >= 15 is 0 Å². The third-order valence-electron chi connectivity index (χ3n) is 5.42. The number of carbonyl (C=O) groups excluding carboxylic acids is 2. The van der Waals surface area contributed by atoms with Gasteiger partial charge in [0.05, 0.1) is 12.0 Å². The maximum absolute atomic E-state index is 12.4. The first-order chi connectivity index (χ1) is 14.5. The van der Waals surface area contributed by atoms with Crippen LogP contribution in [0.25, 0.3) is 0 Å². The molecular formula is C24H40N4O2. The fourth-order valence-corrected chi connectivity index (χ4v) is 3.53. The molecule has 1 aromatic rings. The molecule has 0 aromatic heterocycles. The van der Waals surface area contributed by atoms with Gasteiger partial charge in [0.25, 0.3) is 0 Å². The van der Waals surface area contributed by atoms with Gasteiger partial charge in [0.1, 0.15) is 5.84 Å². The topological polar surface area (TPSA) is 122 Å². The number of amides is 2. The number of amidine groups is 1. The van der Waals surface area contributed by atoms with Crippen molar-refractivity contribution >= 4 is 17.6 Å². The first-order valence-electron chi connectivity index (χ1n) is 11.4. The van der Waals surface area contributed by atoms with Crippen LogP contribution in [0, 0.1) is 11.3 Å². The lowest BCUT2D eigenvalue weighted by Gasteiger charge is -2.17. The summed E-state index contributed by atoms with van der Waals surface area (Å²) < 4.78 is 0. The average Bonchev–Trinajstić information content (AvgIpc) is 2.72. The van der Waals surface area contributed by atoms with Crippen molar-refractivity contribution in [3.63, 3.8) is 0 Å². The van der Waals surface area contributed by atoms with E-state index in [2.05, 4.69) is 12.2 Å². The van der Waals surface area contributed by atoms with Crippen LogP contribution in [0.2, 0.25) is 0 Å². The Morgan fingerprint density at radius 3 is 1.97 bits per heavy atom. The molecule has 6 heteroatoms. The highest BCUT2D eigenvalue weighted by atomic mass is 16.2. The number of unbranched alkanes of at least 4 members (excludes halogenated alkanes) is 9. The Hall–Kier alpha value is -2.21. The maximum atomic E-state index is 12.4. The van der Waals surface area contributed by atoms with E-state index in [0.717, 1.165) is 24.8 Å². The van der Waals surface area contributed by atoms with Crippen molar-refractivity contribution in [1.82, 2.24) is 5.32 Å². The minimum Gasteiger partial charge on any atom is -0.387 e. The average molecular weight is 417 g/mol. The van der Waals surface area contributed by atoms with Gasteiger partial charge in [-0.25, -0.2) is 0 Å². The number of hydrogen-bond acceptors (Lipinski definition) is 4. The summed E-state index contributed by atoms with van der Waals surface area (Å²) >= 11 is 0. The Balaban J connectivity index is 2.28. The van der Waals surface area contributed by atoms with Crippen molar-refractivity contribution in [2.24, 2.45) is 17.4 Å². The third kappa shape index (κ3) is 11.1. The quantitative estimate of drug-likeness (QED) is 0.184.